The minimum absolute atomic E-state index is 0.0201. The molecule has 0 radical (unpaired) electrons. The van der Waals surface area contributed by atoms with Crippen molar-refractivity contribution in [3.05, 3.63) is 35.9 Å². The lowest BCUT2D eigenvalue weighted by molar-refractivity contribution is -0.133. The number of ether oxygens (including phenoxy) is 1. The summed E-state index contributed by atoms with van der Waals surface area (Å²) in [5.74, 6) is -0.0139. The maximum Gasteiger partial charge on any atom is 0.251 e. The Labute approximate surface area is 173 Å². The Morgan fingerprint density at radius 1 is 1.14 bits per heavy atom. The smallest absolute Gasteiger partial charge is 0.251 e. The third-order valence-corrected chi connectivity index (χ3v) is 5.16. The van der Waals surface area contributed by atoms with Gasteiger partial charge in [0.2, 0.25) is 11.8 Å². The summed E-state index contributed by atoms with van der Waals surface area (Å²) in [6.07, 6.45) is 1.90. The predicted molar refractivity (Wildman–Crippen MR) is 111 cm³/mol. The number of piperidine rings is 1. The van der Waals surface area contributed by atoms with Crippen LogP contribution in [0.2, 0.25) is 0 Å². The maximum atomic E-state index is 12.8. The van der Waals surface area contributed by atoms with Crippen LogP contribution in [0.25, 0.3) is 0 Å². The highest BCUT2D eigenvalue weighted by Crippen LogP contribution is 2.22. The predicted octanol–water partition coefficient (Wildman–Crippen LogP) is 1.83. The van der Waals surface area contributed by atoms with Gasteiger partial charge in [-0.3, -0.25) is 14.4 Å². The number of carbonyl (C=O) groups excluding carboxylic acids is 3. The Bertz CT molecular complexity index is 670. The van der Waals surface area contributed by atoms with Crippen LogP contribution >= 0.6 is 0 Å². The van der Waals surface area contributed by atoms with Crippen molar-refractivity contribution in [2.75, 3.05) is 33.4 Å². The molecule has 0 aliphatic carbocycles. The second kappa shape index (κ2) is 11.6. The van der Waals surface area contributed by atoms with Crippen molar-refractivity contribution in [1.29, 1.82) is 0 Å². The highest BCUT2D eigenvalue weighted by Gasteiger charge is 2.33. The van der Waals surface area contributed by atoms with Gasteiger partial charge in [0.05, 0.1) is 6.61 Å². The number of carbonyl (C=O) groups is 3. The van der Waals surface area contributed by atoms with Crippen molar-refractivity contribution >= 4 is 17.7 Å². The number of rotatable bonds is 9. The summed E-state index contributed by atoms with van der Waals surface area (Å²) < 4.78 is 4.99. The lowest BCUT2D eigenvalue weighted by Gasteiger charge is -2.36. The average Bonchev–Trinajstić information content (AvgIpc) is 2.72. The van der Waals surface area contributed by atoms with Crippen molar-refractivity contribution in [1.82, 2.24) is 15.5 Å². The maximum absolute atomic E-state index is 12.8. The molecule has 1 fully saturated rings. The van der Waals surface area contributed by atoms with Crippen LogP contribution in [-0.4, -0.2) is 62.0 Å². The van der Waals surface area contributed by atoms with Crippen LogP contribution in [0.4, 0.5) is 0 Å². The first kappa shape index (κ1) is 22.9. The van der Waals surface area contributed by atoms with E-state index in [-0.39, 0.29) is 23.6 Å². The minimum Gasteiger partial charge on any atom is -0.383 e. The summed E-state index contributed by atoms with van der Waals surface area (Å²) in [7, 11) is 1.57. The second-order valence-corrected chi connectivity index (χ2v) is 7.92. The van der Waals surface area contributed by atoms with Crippen LogP contribution in [0.3, 0.4) is 0 Å². The average molecular weight is 404 g/mol. The van der Waals surface area contributed by atoms with Crippen LogP contribution in [0.15, 0.2) is 30.3 Å². The molecule has 3 amide bonds. The molecule has 1 saturated heterocycles. The number of benzene rings is 1. The summed E-state index contributed by atoms with van der Waals surface area (Å²) >= 11 is 0. The summed E-state index contributed by atoms with van der Waals surface area (Å²) in [6.45, 7) is 6.08. The van der Waals surface area contributed by atoms with E-state index in [2.05, 4.69) is 10.6 Å². The van der Waals surface area contributed by atoms with Gasteiger partial charge in [0.1, 0.15) is 6.04 Å². The fourth-order valence-electron chi connectivity index (χ4n) is 3.56. The molecule has 0 bridgehead atoms. The molecule has 1 aliphatic heterocycles. The minimum atomic E-state index is -0.637. The summed E-state index contributed by atoms with van der Waals surface area (Å²) in [5, 5.41) is 5.75. The fourth-order valence-corrected chi connectivity index (χ4v) is 3.56. The van der Waals surface area contributed by atoms with Gasteiger partial charge in [-0.05, 0) is 36.8 Å². The number of nitrogens with zero attached hydrogens (tertiary/aromatic N) is 1. The van der Waals surface area contributed by atoms with Gasteiger partial charge >= 0.3 is 0 Å². The van der Waals surface area contributed by atoms with Gasteiger partial charge in [0.25, 0.3) is 5.91 Å². The zero-order valence-electron chi connectivity index (χ0n) is 17.6. The number of likely N-dealkylation sites (tertiary alicyclic amines) is 1. The zero-order valence-corrected chi connectivity index (χ0v) is 17.6. The molecular weight excluding hydrogens is 370 g/mol. The first-order valence-electron chi connectivity index (χ1n) is 10.3. The van der Waals surface area contributed by atoms with E-state index in [9.17, 15) is 14.4 Å². The number of nitrogens with one attached hydrogen (secondary N) is 2. The van der Waals surface area contributed by atoms with Gasteiger partial charge in [0.15, 0.2) is 0 Å². The second-order valence-electron chi connectivity index (χ2n) is 7.92. The molecule has 0 aromatic heterocycles. The van der Waals surface area contributed by atoms with Crippen molar-refractivity contribution in [2.45, 2.75) is 39.2 Å². The van der Waals surface area contributed by atoms with Crippen LogP contribution in [-0.2, 0) is 14.3 Å². The fraction of sp³-hybridized carbons (Fsp3) is 0.591. The van der Waals surface area contributed by atoms with Crippen LogP contribution < -0.4 is 10.6 Å². The first-order chi connectivity index (χ1) is 13.9. The molecule has 1 aromatic rings. The Kier molecular flexibility index (Phi) is 9.12. The van der Waals surface area contributed by atoms with Gasteiger partial charge in [0, 0.05) is 38.7 Å². The topological polar surface area (TPSA) is 87.7 Å². The first-order valence-corrected chi connectivity index (χ1v) is 10.3. The van der Waals surface area contributed by atoms with Crippen molar-refractivity contribution in [3.8, 4) is 0 Å². The van der Waals surface area contributed by atoms with Crippen molar-refractivity contribution in [2.24, 2.45) is 11.8 Å². The molecule has 2 N–H and O–H groups in total. The van der Waals surface area contributed by atoms with E-state index < -0.39 is 6.04 Å². The van der Waals surface area contributed by atoms with E-state index in [1.807, 2.05) is 24.8 Å². The molecule has 0 saturated carbocycles. The SMILES string of the molecule is COCCNC(=O)C(NC(=O)c1ccccc1)C1CCN(C(=O)CC(C)C)CC1. The van der Waals surface area contributed by atoms with E-state index in [4.69, 9.17) is 4.74 Å². The molecule has 1 aromatic carbocycles. The monoisotopic (exact) mass is 403 g/mol. The molecule has 2 rings (SSSR count). The molecule has 7 nitrogen and oxygen atoms in total. The van der Waals surface area contributed by atoms with Gasteiger partial charge in [-0.15, -0.1) is 0 Å². The number of amides is 3. The van der Waals surface area contributed by atoms with Crippen LogP contribution in [0.1, 0.15) is 43.5 Å². The number of hydrogen-bond acceptors (Lipinski definition) is 4. The molecule has 7 heteroatoms. The summed E-state index contributed by atoms with van der Waals surface area (Å²) in [4.78, 5) is 39.6. The molecule has 160 valence electrons. The van der Waals surface area contributed by atoms with E-state index in [0.717, 1.165) is 0 Å². The molecule has 0 spiro atoms. The van der Waals surface area contributed by atoms with E-state index >= 15 is 0 Å². The van der Waals surface area contributed by atoms with Crippen LogP contribution in [0.5, 0.6) is 0 Å². The van der Waals surface area contributed by atoms with Gasteiger partial charge in [-0.1, -0.05) is 32.0 Å². The highest BCUT2D eigenvalue weighted by atomic mass is 16.5. The van der Waals surface area contributed by atoms with Crippen molar-refractivity contribution < 1.29 is 19.1 Å². The molecule has 1 heterocycles. The van der Waals surface area contributed by atoms with E-state index in [0.29, 0.717) is 57.0 Å². The Morgan fingerprint density at radius 2 is 1.79 bits per heavy atom. The van der Waals surface area contributed by atoms with Gasteiger partial charge in [-0.25, -0.2) is 0 Å². The normalized spacial score (nSPS) is 15.8. The summed E-state index contributed by atoms with van der Waals surface area (Å²) in [5.41, 5.74) is 0.520. The highest BCUT2D eigenvalue weighted by molar-refractivity contribution is 5.97. The lowest BCUT2D eigenvalue weighted by atomic mass is 9.88. The Balaban J connectivity index is 2.02. The third kappa shape index (κ3) is 7.16. The standard InChI is InChI=1S/C22H33N3O4/c1-16(2)15-19(26)25-12-9-17(10-13-25)20(22(28)23-11-14-29-3)24-21(27)18-7-5-4-6-8-18/h4-8,16-17,20H,9-15H2,1-3H3,(H,23,28)(H,24,27). The van der Waals surface area contributed by atoms with Gasteiger partial charge < -0.3 is 20.3 Å². The zero-order chi connectivity index (χ0) is 21.2. The van der Waals surface area contributed by atoms with Crippen LogP contribution in [0, 0.1) is 11.8 Å². The van der Waals surface area contributed by atoms with E-state index in [1.54, 1.807) is 31.4 Å². The van der Waals surface area contributed by atoms with Gasteiger partial charge in [-0.2, -0.15) is 0 Å². The number of hydrogen-bond donors (Lipinski definition) is 2. The molecule has 29 heavy (non-hydrogen) atoms. The Morgan fingerprint density at radius 3 is 2.38 bits per heavy atom. The molecule has 1 aliphatic rings. The molecule has 1 atom stereocenters. The molecule has 1 unspecified atom stereocenters. The molecular formula is C22H33N3O4. The number of methoxy groups -OCH3 is 1. The largest absolute Gasteiger partial charge is 0.383 e. The third-order valence-electron chi connectivity index (χ3n) is 5.16. The Hall–Kier alpha value is -2.41. The lowest BCUT2D eigenvalue weighted by Crippen LogP contribution is -2.54. The quantitative estimate of drug-likeness (QED) is 0.616. The summed E-state index contributed by atoms with van der Waals surface area (Å²) in [6, 6.07) is 8.24. The van der Waals surface area contributed by atoms with Crippen molar-refractivity contribution in [3.63, 3.8) is 0 Å². The van der Waals surface area contributed by atoms with E-state index in [1.165, 1.54) is 0 Å².